The summed E-state index contributed by atoms with van der Waals surface area (Å²) >= 11 is 0. The second-order valence-corrected chi connectivity index (χ2v) is 11.3. The van der Waals surface area contributed by atoms with Crippen LogP contribution in [0.1, 0.15) is 101 Å². The molecule has 0 aromatic carbocycles. The van der Waals surface area contributed by atoms with Crippen molar-refractivity contribution in [2.75, 3.05) is 0 Å². The molecule has 0 N–H and O–H groups in total. The topological polar surface area (TPSA) is 22.3 Å². The summed E-state index contributed by atoms with van der Waals surface area (Å²) in [5.74, 6) is 0. The fourth-order valence-corrected chi connectivity index (χ4v) is 3.81. The van der Waals surface area contributed by atoms with Crippen LogP contribution in [-0.4, -0.2) is 11.2 Å². The van der Waals surface area contributed by atoms with Gasteiger partial charge in [0.15, 0.2) is 5.54 Å². The second kappa shape index (κ2) is 6.91. The Bertz CT molecular complexity index is 577. The Labute approximate surface area is 162 Å². The van der Waals surface area contributed by atoms with Crippen molar-refractivity contribution in [2.45, 2.75) is 118 Å². The summed E-state index contributed by atoms with van der Waals surface area (Å²) < 4.78 is 15.3. The molecule has 0 aliphatic heterocycles. The highest BCUT2D eigenvalue weighted by Crippen LogP contribution is 2.33. The summed E-state index contributed by atoms with van der Waals surface area (Å²) in [6, 6.07) is 6.47. The third-order valence-corrected chi connectivity index (χ3v) is 4.02. The first-order chi connectivity index (χ1) is 11.3. The molecule has 0 aliphatic carbocycles. The molecule has 0 radical (unpaired) electrons. The number of aromatic nitrogens is 1. The zero-order chi connectivity index (χ0) is 20.8. The van der Waals surface area contributed by atoms with Crippen LogP contribution in [0.15, 0.2) is 18.2 Å². The Hall–Kier alpha value is -0.930. The van der Waals surface area contributed by atoms with E-state index >= 15 is 0 Å². The predicted molar refractivity (Wildman–Crippen MR) is 109 cm³/mol. The summed E-state index contributed by atoms with van der Waals surface area (Å²) in [6.45, 7) is 27.9. The van der Waals surface area contributed by atoms with Crippen molar-refractivity contribution < 1.29 is 14.0 Å². The van der Waals surface area contributed by atoms with E-state index in [0.29, 0.717) is 0 Å². The van der Waals surface area contributed by atoms with Crippen LogP contribution < -0.4 is 4.57 Å². The maximum Gasteiger partial charge on any atom is 0.213 e. The van der Waals surface area contributed by atoms with E-state index < -0.39 is 11.2 Å². The van der Waals surface area contributed by atoms with Gasteiger partial charge in [0.1, 0.15) is 11.2 Å². The molecule has 0 saturated heterocycles. The molecule has 1 aromatic heterocycles. The lowest BCUT2D eigenvalue weighted by molar-refractivity contribution is -0.777. The van der Waals surface area contributed by atoms with E-state index in [1.165, 1.54) is 0 Å². The van der Waals surface area contributed by atoms with Crippen LogP contribution in [-0.2, 0) is 26.2 Å². The molecule has 3 nitrogen and oxygen atoms in total. The number of hydrogen-bond donors (Lipinski definition) is 0. The molecule has 1 aromatic rings. The van der Waals surface area contributed by atoms with Gasteiger partial charge in [0.05, 0.1) is 11.2 Å². The van der Waals surface area contributed by atoms with Gasteiger partial charge in [-0.3, -0.25) is 0 Å². The fourth-order valence-electron chi connectivity index (χ4n) is 3.81. The van der Waals surface area contributed by atoms with Gasteiger partial charge >= 0.3 is 0 Å². The van der Waals surface area contributed by atoms with E-state index in [1.807, 2.05) is 0 Å². The minimum Gasteiger partial charge on any atom is -0.359 e. The first kappa shape index (κ1) is 23.1. The van der Waals surface area contributed by atoms with Crippen LogP contribution in [0.25, 0.3) is 0 Å². The quantitative estimate of drug-likeness (QED) is 0.627. The van der Waals surface area contributed by atoms with E-state index in [9.17, 15) is 0 Å². The molecule has 0 atom stereocenters. The smallest absolute Gasteiger partial charge is 0.213 e. The fraction of sp³-hybridized carbons (Fsp3) is 0.783. The van der Waals surface area contributed by atoms with Gasteiger partial charge in [-0.2, -0.15) is 4.57 Å². The monoisotopic (exact) mass is 364 g/mol. The van der Waals surface area contributed by atoms with Crippen LogP contribution in [0.2, 0.25) is 0 Å². The van der Waals surface area contributed by atoms with E-state index in [1.54, 1.807) is 0 Å². The van der Waals surface area contributed by atoms with Gasteiger partial charge in [0, 0.05) is 32.9 Å². The van der Waals surface area contributed by atoms with Crippen LogP contribution in [0.4, 0.5) is 0 Å². The van der Waals surface area contributed by atoms with Crippen molar-refractivity contribution in [2.24, 2.45) is 0 Å². The Morgan fingerprint density at radius 2 is 0.885 bits per heavy atom. The van der Waals surface area contributed by atoms with E-state index in [4.69, 9.17) is 9.47 Å². The van der Waals surface area contributed by atoms with Gasteiger partial charge in [-0.1, -0.05) is 0 Å². The number of rotatable bonds is 4. The van der Waals surface area contributed by atoms with Gasteiger partial charge in [0.25, 0.3) is 0 Å². The molecule has 0 bridgehead atoms. The molecule has 0 amide bonds. The van der Waals surface area contributed by atoms with Crippen molar-refractivity contribution in [3.63, 3.8) is 0 Å². The lowest BCUT2D eigenvalue weighted by Gasteiger charge is -2.37. The third kappa shape index (κ3) is 6.06. The molecule has 150 valence electrons. The third-order valence-electron chi connectivity index (χ3n) is 4.02. The predicted octanol–water partition coefficient (Wildman–Crippen LogP) is 5.83. The van der Waals surface area contributed by atoms with Gasteiger partial charge in [0.2, 0.25) is 11.4 Å². The molecule has 26 heavy (non-hydrogen) atoms. The zero-order valence-corrected chi connectivity index (χ0v) is 19.5. The van der Waals surface area contributed by atoms with Gasteiger partial charge in [-0.05, 0) is 75.3 Å². The Balaban J connectivity index is 3.67. The minimum absolute atomic E-state index is 0.108. The maximum absolute atomic E-state index is 6.45. The van der Waals surface area contributed by atoms with Crippen molar-refractivity contribution in [1.82, 2.24) is 0 Å². The second-order valence-electron chi connectivity index (χ2n) is 11.3. The highest BCUT2D eigenvalue weighted by molar-refractivity contribution is 5.14. The molecule has 0 spiro atoms. The van der Waals surface area contributed by atoms with Crippen molar-refractivity contribution in [1.29, 1.82) is 0 Å². The summed E-state index contributed by atoms with van der Waals surface area (Å²) in [4.78, 5) is 0. The summed E-state index contributed by atoms with van der Waals surface area (Å²) in [5.41, 5.74) is 0.882. The number of pyridine rings is 1. The molecule has 3 heteroatoms. The molecule has 0 unspecified atom stereocenters. The lowest BCUT2D eigenvalue weighted by atomic mass is 9.93. The highest BCUT2D eigenvalue weighted by Gasteiger charge is 2.45. The van der Waals surface area contributed by atoms with Crippen molar-refractivity contribution >= 4 is 0 Å². The first-order valence-electron chi connectivity index (χ1n) is 9.73. The number of ether oxygens (including phenoxy) is 2. The molecular formula is C23H42NO2+. The molecule has 0 saturated carbocycles. The average Bonchev–Trinajstić information content (AvgIpc) is 2.31. The van der Waals surface area contributed by atoms with Gasteiger partial charge in [-0.15, -0.1) is 0 Å². The molecule has 1 rings (SSSR count). The molecular weight excluding hydrogens is 322 g/mol. The Morgan fingerprint density at radius 3 is 1.12 bits per heavy atom. The highest BCUT2D eigenvalue weighted by atomic mass is 16.5. The lowest BCUT2D eigenvalue weighted by Crippen LogP contribution is -2.62. The summed E-state index contributed by atoms with van der Waals surface area (Å²) in [5, 5.41) is 0. The minimum atomic E-state index is -0.431. The standard InChI is InChI=1S/C23H42NO2/c1-19(2,3)24-17(22(10,11)25-20(4,5)6)15-14-16-18(24)23(12,13)26-21(7,8)9/h14-16H,1-13H3/q+1. The maximum atomic E-state index is 6.45. The Kier molecular flexibility index (Phi) is 6.14. The largest absolute Gasteiger partial charge is 0.359 e. The van der Waals surface area contributed by atoms with E-state index in [-0.39, 0.29) is 16.7 Å². The number of hydrogen-bond acceptors (Lipinski definition) is 2. The van der Waals surface area contributed by atoms with E-state index in [2.05, 4.69) is 113 Å². The average molecular weight is 365 g/mol. The molecule has 0 aliphatic rings. The van der Waals surface area contributed by atoms with Crippen LogP contribution in [0.3, 0.4) is 0 Å². The molecule has 0 fully saturated rings. The number of nitrogens with zero attached hydrogens (tertiary/aromatic N) is 1. The van der Waals surface area contributed by atoms with Crippen molar-refractivity contribution in [3.8, 4) is 0 Å². The van der Waals surface area contributed by atoms with E-state index in [0.717, 1.165) is 11.4 Å². The Morgan fingerprint density at radius 1 is 0.577 bits per heavy atom. The SMILES string of the molecule is CC(C)(C)OC(C)(C)c1cccc(C(C)(C)OC(C)(C)C)[n+]1C(C)(C)C. The molecule has 1 heterocycles. The zero-order valence-electron chi connectivity index (χ0n) is 19.5. The van der Waals surface area contributed by atoms with Crippen LogP contribution >= 0.6 is 0 Å². The summed E-state index contributed by atoms with van der Waals surface area (Å²) in [6.07, 6.45) is 0. The van der Waals surface area contributed by atoms with Crippen LogP contribution in [0.5, 0.6) is 0 Å². The van der Waals surface area contributed by atoms with Gasteiger partial charge in [-0.25, -0.2) is 0 Å². The van der Waals surface area contributed by atoms with Gasteiger partial charge < -0.3 is 9.47 Å². The normalized spacial score (nSPS) is 14.7. The van der Waals surface area contributed by atoms with Crippen LogP contribution in [0, 0.1) is 0 Å². The first-order valence-corrected chi connectivity index (χ1v) is 9.73. The summed E-state index contributed by atoms with van der Waals surface area (Å²) in [7, 11) is 0. The van der Waals surface area contributed by atoms with Crippen molar-refractivity contribution in [3.05, 3.63) is 29.6 Å².